The van der Waals surface area contributed by atoms with E-state index in [0.29, 0.717) is 0 Å². The van der Waals surface area contributed by atoms with E-state index < -0.39 is 0 Å². The normalized spacial score (nSPS) is 15.1. The maximum Gasteiger partial charge on any atom is -0.0108 e. The van der Waals surface area contributed by atoms with Gasteiger partial charge in [0.05, 0.1) is 0 Å². The summed E-state index contributed by atoms with van der Waals surface area (Å²) in [5.41, 5.74) is 3.29. The Morgan fingerprint density at radius 1 is 1.00 bits per heavy atom. The summed E-state index contributed by atoms with van der Waals surface area (Å²) in [6.45, 7) is 11.4. The first-order valence-electron chi connectivity index (χ1n) is 7.51. The summed E-state index contributed by atoms with van der Waals surface area (Å²) >= 11 is 0. The Bertz CT molecular complexity index is 232. The zero-order chi connectivity index (χ0) is 13.1. The molecule has 0 aromatic carbocycles. The summed E-state index contributed by atoms with van der Waals surface area (Å²) in [4.78, 5) is 0. The Morgan fingerprint density at radius 3 is 2.18 bits per heavy atom. The molecule has 0 heteroatoms. The quantitative estimate of drug-likeness (QED) is 0.413. The average Bonchev–Trinajstić information content (AvgIpc) is 2.34. The van der Waals surface area contributed by atoms with Crippen LogP contribution in [0.5, 0.6) is 0 Å². The lowest BCUT2D eigenvalue weighted by atomic mass is 9.94. The molecule has 0 aromatic rings. The summed E-state index contributed by atoms with van der Waals surface area (Å²) < 4.78 is 0. The third-order valence-electron chi connectivity index (χ3n) is 3.45. The molecule has 0 fully saturated rings. The van der Waals surface area contributed by atoms with Crippen LogP contribution >= 0.6 is 0 Å². The van der Waals surface area contributed by atoms with Gasteiger partial charge in [-0.05, 0) is 38.5 Å². The third kappa shape index (κ3) is 8.24. The molecule has 0 aliphatic rings. The molecule has 1 unspecified atom stereocenters. The first kappa shape index (κ1) is 16.5. The monoisotopic (exact) mass is 236 g/mol. The second-order valence-corrected chi connectivity index (χ2v) is 5.19. The molecule has 0 amide bonds. The molecule has 0 bridgehead atoms. The minimum Gasteiger partial charge on any atom is -0.0881 e. The van der Waals surface area contributed by atoms with E-state index in [1.807, 2.05) is 0 Å². The average molecular weight is 236 g/mol. The van der Waals surface area contributed by atoms with Crippen molar-refractivity contribution >= 4 is 0 Å². The molecule has 0 saturated carbocycles. The van der Waals surface area contributed by atoms with Crippen LogP contribution in [0.2, 0.25) is 0 Å². The topological polar surface area (TPSA) is 0 Å². The summed E-state index contributed by atoms with van der Waals surface area (Å²) in [5, 5.41) is 0. The molecule has 0 aliphatic carbocycles. The summed E-state index contributed by atoms with van der Waals surface area (Å²) in [6, 6.07) is 0. The molecular formula is C17H32. The van der Waals surface area contributed by atoms with E-state index >= 15 is 0 Å². The van der Waals surface area contributed by atoms with Crippen LogP contribution in [0.3, 0.4) is 0 Å². The van der Waals surface area contributed by atoms with Gasteiger partial charge in [0.15, 0.2) is 0 Å². The lowest BCUT2D eigenvalue weighted by Gasteiger charge is -2.12. The SMILES string of the molecule is C/C=C(\CCC)C/C(=C\C(C)CC)CCCC. The van der Waals surface area contributed by atoms with Gasteiger partial charge in [-0.3, -0.25) is 0 Å². The summed E-state index contributed by atoms with van der Waals surface area (Å²) in [5.74, 6) is 0.738. The van der Waals surface area contributed by atoms with Crippen LogP contribution in [-0.4, -0.2) is 0 Å². The van der Waals surface area contributed by atoms with Gasteiger partial charge in [0.2, 0.25) is 0 Å². The van der Waals surface area contributed by atoms with Crippen LogP contribution < -0.4 is 0 Å². The van der Waals surface area contributed by atoms with Crippen molar-refractivity contribution in [2.45, 2.75) is 79.6 Å². The first-order valence-corrected chi connectivity index (χ1v) is 7.51. The Hall–Kier alpha value is -0.520. The lowest BCUT2D eigenvalue weighted by molar-refractivity contribution is 0.672. The van der Waals surface area contributed by atoms with Crippen molar-refractivity contribution in [3.05, 3.63) is 23.3 Å². The molecule has 100 valence electrons. The fraction of sp³-hybridized carbons (Fsp3) is 0.765. The van der Waals surface area contributed by atoms with Crippen LogP contribution in [0.25, 0.3) is 0 Å². The fourth-order valence-corrected chi connectivity index (χ4v) is 2.10. The van der Waals surface area contributed by atoms with Crippen molar-refractivity contribution in [2.75, 3.05) is 0 Å². The molecule has 0 aromatic heterocycles. The molecule has 0 saturated heterocycles. The number of hydrogen-bond donors (Lipinski definition) is 0. The number of rotatable bonds is 9. The Labute approximate surface area is 109 Å². The largest absolute Gasteiger partial charge is 0.0881 e. The van der Waals surface area contributed by atoms with E-state index in [4.69, 9.17) is 0 Å². The van der Waals surface area contributed by atoms with E-state index in [9.17, 15) is 0 Å². The van der Waals surface area contributed by atoms with E-state index in [2.05, 4.69) is 46.8 Å². The van der Waals surface area contributed by atoms with Gasteiger partial charge in [0.1, 0.15) is 0 Å². The summed E-state index contributed by atoms with van der Waals surface area (Å²) in [7, 11) is 0. The smallest absolute Gasteiger partial charge is 0.0108 e. The van der Waals surface area contributed by atoms with Crippen molar-refractivity contribution in [1.29, 1.82) is 0 Å². The molecular weight excluding hydrogens is 204 g/mol. The molecule has 0 rings (SSSR count). The fourth-order valence-electron chi connectivity index (χ4n) is 2.10. The molecule has 0 N–H and O–H groups in total. The van der Waals surface area contributed by atoms with Gasteiger partial charge < -0.3 is 0 Å². The highest BCUT2D eigenvalue weighted by atomic mass is 14.1. The van der Waals surface area contributed by atoms with Crippen LogP contribution in [0.1, 0.15) is 79.6 Å². The molecule has 0 radical (unpaired) electrons. The Kier molecular flexibility index (Phi) is 10.3. The Morgan fingerprint density at radius 2 is 1.71 bits per heavy atom. The molecule has 0 spiro atoms. The van der Waals surface area contributed by atoms with E-state index in [1.54, 1.807) is 11.1 Å². The zero-order valence-corrected chi connectivity index (χ0v) is 12.7. The van der Waals surface area contributed by atoms with Gasteiger partial charge in [-0.2, -0.15) is 0 Å². The predicted molar refractivity (Wildman–Crippen MR) is 80.3 cm³/mol. The van der Waals surface area contributed by atoms with Crippen molar-refractivity contribution < 1.29 is 0 Å². The molecule has 0 aliphatic heterocycles. The van der Waals surface area contributed by atoms with Crippen molar-refractivity contribution in [1.82, 2.24) is 0 Å². The van der Waals surface area contributed by atoms with Gasteiger partial charge in [-0.1, -0.05) is 70.3 Å². The highest BCUT2D eigenvalue weighted by Gasteiger charge is 2.04. The van der Waals surface area contributed by atoms with Crippen LogP contribution in [0, 0.1) is 5.92 Å². The van der Waals surface area contributed by atoms with Crippen LogP contribution in [-0.2, 0) is 0 Å². The highest BCUT2D eigenvalue weighted by Crippen LogP contribution is 2.22. The molecule has 0 heterocycles. The van der Waals surface area contributed by atoms with Crippen molar-refractivity contribution in [2.24, 2.45) is 5.92 Å². The van der Waals surface area contributed by atoms with Crippen LogP contribution in [0.4, 0.5) is 0 Å². The number of allylic oxidation sites excluding steroid dienone is 4. The number of hydrogen-bond acceptors (Lipinski definition) is 0. The Balaban J connectivity index is 4.51. The standard InChI is InChI=1S/C17H32/c1-6-10-12-17(13-15(5)8-3)14-16(9-4)11-7-2/h9,13,15H,6-8,10-12,14H2,1-5H3/b16-9+,17-13-. The van der Waals surface area contributed by atoms with Crippen molar-refractivity contribution in [3.8, 4) is 0 Å². The molecule has 1 atom stereocenters. The van der Waals surface area contributed by atoms with Gasteiger partial charge in [0, 0.05) is 0 Å². The second-order valence-electron chi connectivity index (χ2n) is 5.19. The van der Waals surface area contributed by atoms with Crippen molar-refractivity contribution in [3.63, 3.8) is 0 Å². The van der Waals surface area contributed by atoms with Gasteiger partial charge in [0.25, 0.3) is 0 Å². The second kappa shape index (κ2) is 10.6. The van der Waals surface area contributed by atoms with E-state index in [1.165, 1.54) is 44.9 Å². The van der Waals surface area contributed by atoms with Crippen LogP contribution in [0.15, 0.2) is 23.3 Å². The first-order chi connectivity index (χ1) is 8.17. The molecule has 0 nitrogen and oxygen atoms in total. The zero-order valence-electron chi connectivity index (χ0n) is 12.7. The van der Waals surface area contributed by atoms with E-state index in [-0.39, 0.29) is 0 Å². The highest BCUT2D eigenvalue weighted by molar-refractivity contribution is 5.16. The van der Waals surface area contributed by atoms with Gasteiger partial charge >= 0.3 is 0 Å². The van der Waals surface area contributed by atoms with Gasteiger partial charge in [-0.15, -0.1) is 0 Å². The maximum absolute atomic E-state index is 2.52. The maximum atomic E-state index is 2.52. The third-order valence-corrected chi connectivity index (χ3v) is 3.45. The predicted octanol–water partition coefficient (Wildman–Crippen LogP) is 6.29. The number of unbranched alkanes of at least 4 members (excludes halogenated alkanes) is 1. The lowest BCUT2D eigenvalue weighted by Crippen LogP contribution is -1.94. The molecule has 17 heavy (non-hydrogen) atoms. The minimum absolute atomic E-state index is 0.738. The van der Waals surface area contributed by atoms with Gasteiger partial charge in [-0.25, -0.2) is 0 Å². The van der Waals surface area contributed by atoms with E-state index in [0.717, 1.165) is 5.92 Å². The summed E-state index contributed by atoms with van der Waals surface area (Å²) in [6.07, 6.45) is 13.8. The minimum atomic E-state index is 0.738.